The molecule has 2 N–H and O–H groups in total. The largest absolute Gasteiger partial charge is 0.395 e. The molecule has 1 amide bonds. The molecule has 7 nitrogen and oxygen atoms in total. The van der Waals surface area contributed by atoms with Crippen LogP contribution in [-0.2, 0) is 0 Å². The molecule has 0 saturated carbocycles. The minimum absolute atomic E-state index is 0.0220. The van der Waals surface area contributed by atoms with Gasteiger partial charge in [-0.1, -0.05) is 5.16 Å². The second-order valence-electron chi connectivity index (χ2n) is 4.92. The Morgan fingerprint density at radius 3 is 3.00 bits per heavy atom. The SMILES string of the molecule is CC(C)N(CCO)C(=O)c1noc(C2CCCN2)n1. The molecular formula is C12H20N4O3. The first-order valence-electron chi connectivity index (χ1n) is 6.62. The summed E-state index contributed by atoms with van der Waals surface area (Å²) in [6.07, 6.45) is 2.01. The second-order valence-corrected chi connectivity index (χ2v) is 4.92. The van der Waals surface area contributed by atoms with Gasteiger partial charge in [0.1, 0.15) is 0 Å². The number of hydrogen-bond acceptors (Lipinski definition) is 6. The highest BCUT2D eigenvalue weighted by atomic mass is 16.5. The monoisotopic (exact) mass is 268 g/mol. The van der Waals surface area contributed by atoms with E-state index in [0.29, 0.717) is 5.89 Å². The lowest BCUT2D eigenvalue weighted by atomic mass is 10.2. The first-order chi connectivity index (χ1) is 9.13. The Bertz CT molecular complexity index is 426. The van der Waals surface area contributed by atoms with Crippen LogP contribution in [0.1, 0.15) is 49.2 Å². The van der Waals surface area contributed by atoms with E-state index in [1.165, 1.54) is 4.90 Å². The van der Waals surface area contributed by atoms with E-state index in [0.717, 1.165) is 19.4 Å². The van der Waals surface area contributed by atoms with Gasteiger partial charge in [0.15, 0.2) is 0 Å². The number of aliphatic hydroxyl groups excluding tert-OH is 1. The molecule has 1 aliphatic heterocycles. The van der Waals surface area contributed by atoms with Crippen molar-refractivity contribution in [1.82, 2.24) is 20.4 Å². The van der Waals surface area contributed by atoms with Crippen LogP contribution in [0, 0.1) is 0 Å². The molecule has 0 spiro atoms. The Hall–Kier alpha value is -1.47. The summed E-state index contributed by atoms with van der Waals surface area (Å²) in [4.78, 5) is 17.9. The third kappa shape index (κ3) is 3.10. The molecule has 1 aromatic heterocycles. The number of carbonyl (C=O) groups is 1. The van der Waals surface area contributed by atoms with Gasteiger partial charge >= 0.3 is 0 Å². The fraction of sp³-hybridized carbons (Fsp3) is 0.750. The molecule has 0 aromatic carbocycles. The van der Waals surface area contributed by atoms with E-state index >= 15 is 0 Å². The molecule has 1 saturated heterocycles. The lowest BCUT2D eigenvalue weighted by Crippen LogP contribution is -2.39. The van der Waals surface area contributed by atoms with Crippen molar-refractivity contribution in [2.75, 3.05) is 19.7 Å². The molecule has 0 radical (unpaired) electrons. The summed E-state index contributed by atoms with van der Waals surface area (Å²) in [6.45, 7) is 4.87. The maximum Gasteiger partial charge on any atom is 0.295 e. The third-order valence-electron chi connectivity index (χ3n) is 3.22. The lowest BCUT2D eigenvalue weighted by Gasteiger charge is -2.24. The predicted molar refractivity (Wildman–Crippen MR) is 67.5 cm³/mol. The predicted octanol–water partition coefficient (Wildman–Crippen LogP) is 0.337. The maximum absolute atomic E-state index is 12.2. The standard InChI is InChI=1S/C12H20N4O3/c1-8(2)16(6-7-17)12(18)10-14-11(19-15-10)9-4-3-5-13-9/h8-9,13,17H,3-7H2,1-2H3. The Morgan fingerprint density at radius 2 is 2.42 bits per heavy atom. The van der Waals surface area contributed by atoms with E-state index in [1.807, 2.05) is 13.8 Å². The zero-order chi connectivity index (χ0) is 13.8. The number of aliphatic hydroxyl groups is 1. The van der Waals surface area contributed by atoms with Crippen molar-refractivity contribution in [2.45, 2.75) is 38.8 Å². The number of nitrogens with one attached hydrogen (secondary N) is 1. The first-order valence-corrected chi connectivity index (χ1v) is 6.62. The van der Waals surface area contributed by atoms with Crippen LogP contribution in [0.2, 0.25) is 0 Å². The third-order valence-corrected chi connectivity index (χ3v) is 3.22. The van der Waals surface area contributed by atoms with Crippen molar-refractivity contribution in [3.63, 3.8) is 0 Å². The van der Waals surface area contributed by atoms with Crippen LogP contribution >= 0.6 is 0 Å². The van der Waals surface area contributed by atoms with Gasteiger partial charge in [-0.25, -0.2) is 0 Å². The Morgan fingerprint density at radius 1 is 1.63 bits per heavy atom. The van der Waals surface area contributed by atoms with Gasteiger partial charge in [-0.05, 0) is 33.2 Å². The molecule has 2 heterocycles. The van der Waals surface area contributed by atoms with Crippen molar-refractivity contribution < 1.29 is 14.4 Å². The van der Waals surface area contributed by atoms with E-state index < -0.39 is 0 Å². The molecule has 1 aromatic rings. The highest BCUT2D eigenvalue weighted by Gasteiger charge is 2.27. The van der Waals surface area contributed by atoms with E-state index in [1.54, 1.807) is 0 Å². The van der Waals surface area contributed by atoms with Crippen LogP contribution in [0.5, 0.6) is 0 Å². The first kappa shape index (κ1) is 14.0. The van der Waals surface area contributed by atoms with Crippen molar-refractivity contribution in [2.24, 2.45) is 0 Å². The average Bonchev–Trinajstić information content (AvgIpc) is 3.03. The van der Waals surface area contributed by atoms with Crippen molar-refractivity contribution >= 4 is 5.91 Å². The molecule has 19 heavy (non-hydrogen) atoms. The summed E-state index contributed by atoms with van der Waals surface area (Å²) >= 11 is 0. The van der Waals surface area contributed by atoms with Crippen LogP contribution in [0.3, 0.4) is 0 Å². The van der Waals surface area contributed by atoms with Crippen molar-refractivity contribution in [1.29, 1.82) is 0 Å². The minimum Gasteiger partial charge on any atom is -0.395 e. The van der Waals surface area contributed by atoms with Crippen LogP contribution in [0.4, 0.5) is 0 Å². The number of nitrogens with zero attached hydrogens (tertiary/aromatic N) is 3. The minimum atomic E-state index is -0.308. The van der Waals surface area contributed by atoms with Gasteiger partial charge < -0.3 is 19.8 Å². The van der Waals surface area contributed by atoms with Crippen LogP contribution < -0.4 is 5.32 Å². The van der Waals surface area contributed by atoms with Crippen LogP contribution in [0.15, 0.2) is 4.52 Å². The topological polar surface area (TPSA) is 91.5 Å². The molecule has 0 bridgehead atoms. The number of amides is 1. The van der Waals surface area contributed by atoms with Gasteiger partial charge in [0.25, 0.3) is 11.7 Å². The van der Waals surface area contributed by atoms with Gasteiger partial charge in [0, 0.05) is 12.6 Å². The van der Waals surface area contributed by atoms with Gasteiger partial charge in [0.05, 0.1) is 12.6 Å². The van der Waals surface area contributed by atoms with E-state index in [-0.39, 0.29) is 37.0 Å². The number of carbonyl (C=O) groups excluding carboxylic acids is 1. The highest BCUT2D eigenvalue weighted by molar-refractivity contribution is 5.90. The summed E-state index contributed by atoms with van der Waals surface area (Å²) in [5.41, 5.74) is 0. The molecule has 7 heteroatoms. The summed E-state index contributed by atoms with van der Waals surface area (Å²) < 4.78 is 5.14. The molecule has 1 aliphatic rings. The molecule has 0 aliphatic carbocycles. The fourth-order valence-electron chi connectivity index (χ4n) is 2.19. The van der Waals surface area contributed by atoms with Crippen molar-refractivity contribution in [3.05, 3.63) is 11.7 Å². The van der Waals surface area contributed by atoms with Gasteiger partial charge in [0.2, 0.25) is 5.89 Å². The average molecular weight is 268 g/mol. The second kappa shape index (κ2) is 6.12. The number of hydrogen-bond donors (Lipinski definition) is 2. The normalized spacial score (nSPS) is 19.1. The van der Waals surface area contributed by atoms with E-state index in [9.17, 15) is 4.79 Å². The Balaban J connectivity index is 2.09. The van der Waals surface area contributed by atoms with Crippen LogP contribution in [0.25, 0.3) is 0 Å². The lowest BCUT2D eigenvalue weighted by molar-refractivity contribution is 0.0649. The molecule has 106 valence electrons. The molecular weight excluding hydrogens is 248 g/mol. The number of aromatic nitrogens is 2. The Labute approximate surface area is 112 Å². The van der Waals surface area contributed by atoms with Crippen LogP contribution in [-0.4, -0.2) is 51.8 Å². The zero-order valence-electron chi connectivity index (χ0n) is 11.3. The zero-order valence-corrected chi connectivity index (χ0v) is 11.3. The summed E-state index contributed by atoms with van der Waals surface area (Å²) in [7, 11) is 0. The summed E-state index contributed by atoms with van der Waals surface area (Å²) in [5.74, 6) is 0.219. The molecule has 1 atom stereocenters. The van der Waals surface area contributed by atoms with Crippen molar-refractivity contribution in [3.8, 4) is 0 Å². The molecule has 1 unspecified atom stereocenters. The molecule has 1 fully saturated rings. The summed E-state index contributed by atoms with van der Waals surface area (Å²) in [5, 5.41) is 16.0. The smallest absolute Gasteiger partial charge is 0.295 e. The summed E-state index contributed by atoms with van der Waals surface area (Å²) in [6, 6.07) is 0.0330. The van der Waals surface area contributed by atoms with E-state index in [4.69, 9.17) is 9.63 Å². The Kier molecular flexibility index (Phi) is 4.49. The van der Waals surface area contributed by atoms with E-state index in [2.05, 4.69) is 15.5 Å². The number of rotatable bonds is 5. The highest BCUT2D eigenvalue weighted by Crippen LogP contribution is 2.21. The quantitative estimate of drug-likeness (QED) is 0.800. The molecule has 2 rings (SSSR count). The van der Waals surface area contributed by atoms with Gasteiger partial charge in [-0.2, -0.15) is 4.98 Å². The maximum atomic E-state index is 12.2. The fourth-order valence-corrected chi connectivity index (χ4v) is 2.19. The van der Waals surface area contributed by atoms with Gasteiger partial charge in [-0.3, -0.25) is 4.79 Å². The van der Waals surface area contributed by atoms with Gasteiger partial charge in [-0.15, -0.1) is 0 Å².